The van der Waals surface area contributed by atoms with Gasteiger partial charge in [-0.15, -0.1) is 0 Å². The third kappa shape index (κ3) is 3.72. The first-order valence-electron chi connectivity index (χ1n) is 6.57. The average molecular weight is 340 g/mol. The Morgan fingerprint density at radius 2 is 1.82 bits per heavy atom. The van der Waals surface area contributed by atoms with Gasteiger partial charge in [0.1, 0.15) is 5.97 Å². The average Bonchev–Trinajstić information content (AvgIpc) is 2.94. The fraction of sp³-hybridized carbons (Fsp3) is 0.538. The Hall–Kier alpha value is -0.430. The number of carbonyl (C=O) groups excluding carboxylic acids is 2. The number of furan rings is 1. The van der Waals surface area contributed by atoms with Gasteiger partial charge in [0.15, 0.2) is 5.16 Å². The van der Waals surface area contributed by atoms with Crippen LogP contribution in [0.25, 0.3) is 0 Å². The standard InChI is InChI=1S/C13H19O7P.Na/c1-4-13(11(14)12(15)16,10-7-8-18-9-10)21(17,19-5-2)20-6-3;/h7-9H,4-6H2,1-3H3,(H,15,16);/q;+1/p-1. The summed E-state index contributed by atoms with van der Waals surface area (Å²) < 4.78 is 28.4. The summed E-state index contributed by atoms with van der Waals surface area (Å²) in [5.41, 5.74) is 0.129. The third-order valence-corrected chi connectivity index (χ3v) is 6.05. The van der Waals surface area contributed by atoms with Crippen LogP contribution < -0.4 is 34.7 Å². The van der Waals surface area contributed by atoms with E-state index in [4.69, 9.17) is 13.5 Å². The van der Waals surface area contributed by atoms with E-state index in [1.54, 1.807) is 13.8 Å². The van der Waals surface area contributed by atoms with E-state index in [2.05, 4.69) is 0 Å². The van der Waals surface area contributed by atoms with Crippen LogP contribution in [0.4, 0.5) is 0 Å². The van der Waals surface area contributed by atoms with Gasteiger partial charge in [-0.3, -0.25) is 9.36 Å². The second kappa shape index (κ2) is 9.01. The number of Topliss-reactive ketones (excluding diaryl/α,β-unsaturated/α-hetero) is 1. The number of carboxylic acids is 1. The molecule has 7 nitrogen and oxygen atoms in total. The van der Waals surface area contributed by atoms with Crippen molar-refractivity contribution in [3.63, 3.8) is 0 Å². The van der Waals surface area contributed by atoms with E-state index >= 15 is 0 Å². The molecule has 1 aromatic heterocycles. The molecule has 0 radical (unpaired) electrons. The van der Waals surface area contributed by atoms with Crippen LogP contribution in [0, 0.1) is 0 Å². The fourth-order valence-electron chi connectivity index (χ4n) is 2.24. The molecular weight excluding hydrogens is 322 g/mol. The van der Waals surface area contributed by atoms with E-state index in [1.165, 1.54) is 19.3 Å². The number of aliphatic carboxylic acids is 1. The molecule has 0 aliphatic rings. The minimum atomic E-state index is -4.09. The Bertz CT molecular complexity index is 533. The monoisotopic (exact) mass is 340 g/mol. The molecule has 0 saturated heterocycles. The van der Waals surface area contributed by atoms with Crippen molar-refractivity contribution in [2.45, 2.75) is 32.3 Å². The number of carboxylic acid groups (broad SMARTS) is 1. The van der Waals surface area contributed by atoms with E-state index in [1.807, 2.05) is 0 Å². The molecule has 0 aliphatic heterocycles. The van der Waals surface area contributed by atoms with Crippen molar-refractivity contribution >= 4 is 19.3 Å². The summed E-state index contributed by atoms with van der Waals surface area (Å²) in [6.07, 6.45) is 2.32. The maximum atomic E-state index is 13.1. The normalized spacial score (nSPS) is 14.0. The van der Waals surface area contributed by atoms with E-state index < -0.39 is 24.5 Å². The van der Waals surface area contributed by atoms with Crippen LogP contribution in [-0.4, -0.2) is 25.0 Å². The van der Waals surface area contributed by atoms with Crippen LogP contribution in [0.5, 0.6) is 0 Å². The van der Waals surface area contributed by atoms with Crippen molar-refractivity contribution < 1.29 is 62.3 Å². The molecule has 22 heavy (non-hydrogen) atoms. The maximum absolute atomic E-state index is 13.1. The Kier molecular flexibility index (Phi) is 8.83. The minimum absolute atomic E-state index is 0. The smallest absolute Gasteiger partial charge is 0.542 e. The first-order chi connectivity index (χ1) is 9.89. The van der Waals surface area contributed by atoms with Crippen molar-refractivity contribution in [3.8, 4) is 0 Å². The number of hydrogen-bond donors (Lipinski definition) is 0. The first kappa shape index (κ1) is 21.6. The predicted molar refractivity (Wildman–Crippen MR) is 71.5 cm³/mol. The van der Waals surface area contributed by atoms with Gasteiger partial charge >= 0.3 is 37.2 Å². The third-order valence-electron chi connectivity index (χ3n) is 3.14. The summed E-state index contributed by atoms with van der Waals surface area (Å²) in [6.45, 7) is 4.67. The van der Waals surface area contributed by atoms with Crippen LogP contribution in [-0.2, 0) is 28.4 Å². The molecule has 0 aliphatic carbocycles. The van der Waals surface area contributed by atoms with Gasteiger partial charge in [0.05, 0.1) is 25.7 Å². The zero-order valence-electron chi connectivity index (χ0n) is 13.2. The summed E-state index contributed by atoms with van der Waals surface area (Å²) in [7, 11) is -4.09. The molecule has 1 unspecified atom stereocenters. The van der Waals surface area contributed by atoms with E-state index in [0.717, 1.165) is 6.26 Å². The van der Waals surface area contributed by atoms with Crippen molar-refractivity contribution in [1.82, 2.24) is 0 Å². The van der Waals surface area contributed by atoms with Gasteiger partial charge in [0, 0.05) is 5.56 Å². The van der Waals surface area contributed by atoms with Crippen molar-refractivity contribution in [2.24, 2.45) is 0 Å². The number of ketones is 1. The van der Waals surface area contributed by atoms with E-state index in [-0.39, 0.29) is 54.8 Å². The van der Waals surface area contributed by atoms with Crippen molar-refractivity contribution in [3.05, 3.63) is 24.2 Å². The molecule has 0 aromatic carbocycles. The topological polar surface area (TPSA) is 106 Å². The molecule has 0 bridgehead atoms. The van der Waals surface area contributed by atoms with Gasteiger partial charge in [-0.25, -0.2) is 0 Å². The summed E-state index contributed by atoms with van der Waals surface area (Å²) in [5.74, 6) is -3.30. The first-order valence-corrected chi connectivity index (χ1v) is 8.11. The second-order valence-electron chi connectivity index (χ2n) is 4.18. The Morgan fingerprint density at radius 3 is 2.14 bits per heavy atom. The Labute approximate surface area is 151 Å². The van der Waals surface area contributed by atoms with Gasteiger partial charge in [0.2, 0.25) is 5.78 Å². The fourth-order valence-corrected chi connectivity index (χ4v) is 4.60. The molecule has 1 heterocycles. The number of hydrogen-bond acceptors (Lipinski definition) is 7. The Morgan fingerprint density at radius 1 is 1.27 bits per heavy atom. The zero-order chi connectivity index (χ0) is 16.1. The Balaban J connectivity index is 0.00000441. The molecule has 1 rings (SSSR count). The zero-order valence-corrected chi connectivity index (χ0v) is 16.1. The van der Waals surface area contributed by atoms with Crippen LogP contribution in [0.2, 0.25) is 0 Å². The van der Waals surface area contributed by atoms with Gasteiger partial charge < -0.3 is 23.4 Å². The molecule has 0 fully saturated rings. The van der Waals surface area contributed by atoms with Crippen LogP contribution >= 0.6 is 7.60 Å². The molecule has 0 N–H and O–H groups in total. The molecule has 0 amide bonds. The molecule has 1 aromatic rings. The minimum Gasteiger partial charge on any atom is -0.542 e. The number of rotatable bonds is 9. The summed E-state index contributed by atoms with van der Waals surface area (Å²) in [6, 6.07) is 1.37. The van der Waals surface area contributed by atoms with Gasteiger partial charge in [0.25, 0.3) is 0 Å². The van der Waals surface area contributed by atoms with Gasteiger partial charge in [-0.1, -0.05) is 6.92 Å². The quantitative estimate of drug-likeness (QED) is 0.305. The van der Waals surface area contributed by atoms with Gasteiger partial charge in [-0.2, -0.15) is 0 Å². The van der Waals surface area contributed by atoms with Crippen LogP contribution in [0.1, 0.15) is 32.8 Å². The number of carbonyl (C=O) groups is 2. The molecule has 9 heteroatoms. The summed E-state index contributed by atoms with van der Waals surface area (Å²) in [4.78, 5) is 23.4. The largest absolute Gasteiger partial charge is 1.00 e. The van der Waals surface area contributed by atoms with E-state index in [0.29, 0.717) is 0 Å². The van der Waals surface area contributed by atoms with E-state index in [9.17, 15) is 19.3 Å². The predicted octanol–water partition coefficient (Wildman–Crippen LogP) is -1.53. The van der Waals surface area contributed by atoms with Crippen molar-refractivity contribution in [1.29, 1.82) is 0 Å². The SMILES string of the molecule is CCOP(=O)(OCC)C(CC)(C(=O)C(=O)[O-])c1ccoc1.[Na+]. The molecule has 0 spiro atoms. The molecule has 118 valence electrons. The van der Waals surface area contributed by atoms with Crippen LogP contribution in [0.15, 0.2) is 23.0 Å². The maximum Gasteiger partial charge on any atom is 1.00 e. The molecular formula is C13H18NaO7P. The summed E-state index contributed by atoms with van der Waals surface area (Å²) in [5, 5.41) is 9.15. The second-order valence-corrected chi connectivity index (χ2v) is 6.45. The summed E-state index contributed by atoms with van der Waals surface area (Å²) >= 11 is 0. The van der Waals surface area contributed by atoms with Crippen LogP contribution in [0.3, 0.4) is 0 Å². The van der Waals surface area contributed by atoms with Gasteiger partial charge in [-0.05, 0) is 26.3 Å². The molecule has 0 saturated carbocycles. The molecule has 1 atom stereocenters. The van der Waals surface area contributed by atoms with Crippen molar-refractivity contribution in [2.75, 3.05) is 13.2 Å².